The van der Waals surface area contributed by atoms with Crippen molar-refractivity contribution in [2.45, 2.75) is 25.4 Å². The van der Waals surface area contributed by atoms with Gasteiger partial charge in [0.2, 0.25) is 5.82 Å². The molecule has 0 bridgehead atoms. The van der Waals surface area contributed by atoms with Crippen LogP contribution in [0.2, 0.25) is 0 Å². The molecule has 27 heavy (non-hydrogen) atoms. The first-order valence-corrected chi connectivity index (χ1v) is 8.88. The van der Waals surface area contributed by atoms with Gasteiger partial charge in [-0.3, -0.25) is 9.78 Å². The minimum atomic E-state index is 0.0228. The second-order valence-corrected chi connectivity index (χ2v) is 6.43. The van der Waals surface area contributed by atoms with E-state index in [9.17, 15) is 4.79 Å². The molecule has 138 valence electrons. The Morgan fingerprint density at radius 2 is 1.96 bits per heavy atom. The maximum atomic E-state index is 12.9. The summed E-state index contributed by atoms with van der Waals surface area (Å²) in [6.45, 7) is 1.27. The van der Waals surface area contributed by atoms with Crippen LogP contribution < -0.4 is 4.74 Å². The highest BCUT2D eigenvalue weighted by atomic mass is 16.5. The Hall–Kier alpha value is -3.29. The Bertz CT molecular complexity index is 909. The molecule has 8 heteroatoms. The second-order valence-electron chi connectivity index (χ2n) is 6.43. The molecule has 2 aromatic heterocycles. The van der Waals surface area contributed by atoms with Gasteiger partial charge in [-0.2, -0.15) is 4.80 Å². The Morgan fingerprint density at radius 1 is 1.19 bits per heavy atom. The SMILES string of the molecule is COc1ccc(C(=O)N2CCC[C@H]2Cn2nnc(-c3ccncc3)n2)cc1. The van der Waals surface area contributed by atoms with Crippen LogP contribution in [0.4, 0.5) is 0 Å². The summed E-state index contributed by atoms with van der Waals surface area (Å²) in [6, 6.07) is 10.9. The molecule has 1 aliphatic rings. The highest BCUT2D eigenvalue weighted by Gasteiger charge is 2.30. The summed E-state index contributed by atoms with van der Waals surface area (Å²) in [6.07, 6.45) is 5.29. The molecule has 4 rings (SSSR count). The molecule has 3 heterocycles. The van der Waals surface area contributed by atoms with Crippen LogP contribution >= 0.6 is 0 Å². The summed E-state index contributed by atoms with van der Waals surface area (Å²) in [5.74, 6) is 1.32. The van der Waals surface area contributed by atoms with Crippen molar-refractivity contribution >= 4 is 5.91 Å². The van der Waals surface area contributed by atoms with E-state index in [0.29, 0.717) is 17.9 Å². The Balaban J connectivity index is 1.47. The number of rotatable bonds is 5. The summed E-state index contributed by atoms with van der Waals surface area (Å²) >= 11 is 0. The van der Waals surface area contributed by atoms with Crippen molar-refractivity contribution in [2.24, 2.45) is 0 Å². The average molecular weight is 364 g/mol. The number of nitrogens with zero attached hydrogens (tertiary/aromatic N) is 6. The number of methoxy groups -OCH3 is 1. The van der Waals surface area contributed by atoms with Crippen molar-refractivity contribution in [3.63, 3.8) is 0 Å². The summed E-state index contributed by atoms with van der Waals surface area (Å²) in [4.78, 5) is 20.4. The van der Waals surface area contributed by atoms with E-state index in [1.165, 1.54) is 0 Å². The van der Waals surface area contributed by atoms with Crippen molar-refractivity contribution in [3.8, 4) is 17.1 Å². The lowest BCUT2D eigenvalue weighted by molar-refractivity contribution is 0.0718. The van der Waals surface area contributed by atoms with Crippen molar-refractivity contribution < 1.29 is 9.53 Å². The molecule has 0 saturated carbocycles. The lowest BCUT2D eigenvalue weighted by atomic mass is 10.1. The Morgan fingerprint density at radius 3 is 2.70 bits per heavy atom. The van der Waals surface area contributed by atoms with E-state index in [2.05, 4.69) is 20.4 Å². The van der Waals surface area contributed by atoms with E-state index < -0.39 is 0 Å². The highest BCUT2D eigenvalue weighted by molar-refractivity contribution is 5.94. The van der Waals surface area contributed by atoms with Crippen LogP contribution in [0, 0.1) is 0 Å². The molecule has 8 nitrogen and oxygen atoms in total. The fraction of sp³-hybridized carbons (Fsp3) is 0.316. The molecule has 1 fully saturated rings. The third-order valence-electron chi connectivity index (χ3n) is 4.74. The van der Waals surface area contributed by atoms with Gasteiger partial charge in [-0.25, -0.2) is 0 Å². The number of aromatic nitrogens is 5. The van der Waals surface area contributed by atoms with Crippen LogP contribution in [0.3, 0.4) is 0 Å². The zero-order chi connectivity index (χ0) is 18.6. The third kappa shape index (κ3) is 3.64. The minimum Gasteiger partial charge on any atom is -0.497 e. The minimum absolute atomic E-state index is 0.0228. The first-order chi connectivity index (χ1) is 13.2. The normalized spacial score (nSPS) is 16.5. The molecule has 0 spiro atoms. The van der Waals surface area contributed by atoms with Crippen LogP contribution in [0.1, 0.15) is 23.2 Å². The number of ether oxygens (including phenoxy) is 1. The van der Waals surface area contributed by atoms with Crippen molar-refractivity contribution in [2.75, 3.05) is 13.7 Å². The van der Waals surface area contributed by atoms with Crippen LogP contribution in [-0.2, 0) is 6.54 Å². The van der Waals surface area contributed by atoms with Crippen LogP contribution in [0.5, 0.6) is 5.75 Å². The van der Waals surface area contributed by atoms with Gasteiger partial charge in [0.1, 0.15) is 5.75 Å². The van der Waals surface area contributed by atoms with E-state index in [0.717, 1.165) is 30.7 Å². The quantitative estimate of drug-likeness (QED) is 0.689. The molecule has 1 atom stereocenters. The molecular formula is C19H20N6O2. The molecule has 1 saturated heterocycles. The monoisotopic (exact) mass is 364 g/mol. The number of tetrazole rings is 1. The number of benzene rings is 1. The van der Waals surface area contributed by atoms with Gasteiger partial charge in [0.05, 0.1) is 19.7 Å². The summed E-state index contributed by atoms with van der Waals surface area (Å²) in [7, 11) is 1.61. The third-order valence-corrected chi connectivity index (χ3v) is 4.74. The van der Waals surface area contributed by atoms with Gasteiger partial charge in [-0.1, -0.05) is 0 Å². The largest absolute Gasteiger partial charge is 0.497 e. The Labute approximate surface area is 156 Å². The van der Waals surface area contributed by atoms with Gasteiger partial charge in [0.25, 0.3) is 5.91 Å². The molecule has 0 unspecified atom stereocenters. The average Bonchev–Trinajstić information content (AvgIpc) is 3.38. The maximum absolute atomic E-state index is 12.9. The summed E-state index contributed by atoms with van der Waals surface area (Å²) in [5.41, 5.74) is 1.53. The van der Waals surface area contributed by atoms with Gasteiger partial charge < -0.3 is 9.64 Å². The topological polar surface area (TPSA) is 86.0 Å². The van der Waals surface area contributed by atoms with E-state index in [1.54, 1.807) is 48.6 Å². The highest BCUT2D eigenvalue weighted by Crippen LogP contribution is 2.22. The first kappa shape index (κ1) is 17.1. The lowest BCUT2D eigenvalue weighted by Gasteiger charge is -2.24. The fourth-order valence-electron chi connectivity index (χ4n) is 3.32. The van der Waals surface area contributed by atoms with Crippen molar-refractivity contribution in [1.29, 1.82) is 0 Å². The summed E-state index contributed by atoms with van der Waals surface area (Å²) < 4.78 is 5.16. The molecule has 1 amide bonds. The second kappa shape index (κ2) is 7.53. The predicted octanol–water partition coefficient (Wildman–Crippen LogP) is 2.05. The molecule has 1 aliphatic heterocycles. The van der Waals surface area contributed by atoms with Crippen LogP contribution in [-0.4, -0.2) is 55.7 Å². The number of amides is 1. The molecule has 1 aromatic carbocycles. The van der Waals surface area contributed by atoms with Gasteiger partial charge in [-0.15, -0.1) is 10.2 Å². The number of pyridine rings is 1. The molecule has 0 radical (unpaired) electrons. The maximum Gasteiger partial charge on any atom is 0.254 e. The number of carbonyl (C=O) groups is 1. The van der Waals surface area contributed by atoms with Gasteiger partial charge in [0.15, 0.2) is 0 Å². The Kier molecular flexibility index (Phi) is 4.78. The van der Waals surface area contributed by atoms with Gasteiger partial charge >= 0.3 is 0 Å². The van der Waals surface area contributed by atoms with Crippen LogP contribution in [0.25, 0.3) is 11.4 Å². The zero-order valence-corrected chi connectivity index (χ0v) is 15.0. The predicted molar refractivity (Wildman–Crippen MR) is 98.1 cm³/mol. The lowest BCUT2D eigenvalue weighted by Crippen LogP contribution is -2.38. The van der Waals surface area contributed by atoms with Crippen LogP contribution in [0.15, 0.2) is 48.8 Å². The zero-order valence-electron chi connectivity index (χ0n) is 15.0. The molecule has 3 aromatic rings. The number of carbonyl (C=O) groups excluding carboxylic acids is 1. The number of hydrogen-bond donors (Lipinski definition) is 0. The van der Waals surface area contributed by atoms with Crippen molar-refractivity contribution in [3.05, 3.63) is 54.4 Å². The summed E-state index contributed by atoms with van der Waals surface area (Å²) in [5, 5.41) is 12.7. The van der Waals surface area contributed by atoms with Gasteiger partial charge in [0, 0.05) is 30.1 Å². The number of likely N-dealkylation sites (tertiary alicyclic amines) is 1. The van der Waals surface area contributed by atoms with Gasteiger partial charge in [-0.05, 0) is 54.5 Å². The fourth-order valence-corrected chi connectivity index (χ4v) is 3.32. The molecule has 0 aliphatic carbocycles. The molecule has 0 N–H and O–H groups in total. The van der Waals surface area contributed by atoms with E-state index in [1.807, 2.05) is 17.0 Å². The van der Waals surface area contributed by atoms with E-state index in [-0.39, 0.29) is 11.9 Å². The standard InChI is InChI=1S/C19H20N6O2/c1-27-17-6-4-15(5-7-17)19(26)24-12-2-3-16(24)13-25-22-18(21-23-25)14-8-10-20-11-9-14/h4-11,16H,2-3,12-13H2,1H3/t16-/m0/s1. The van der Waals surface area contributed by atoms with Crippen molar-refractivity contribution in [1.82, 2.24) is 30.1 Å². The van der Waals surface area contributed by atoms with E-state index >= 15 is 0 Å². The molecular weight excluding hydrogens is 344 g/mol. The van der Waals surface area contributed by atoms with E-state index in [4.69, 9.17) is 4.74 Å². The number of hydrogen-bond acceptors (Lipinski definition) is 6. The smallest absolute Gasteiger partial charge is 0.254 e. The first-order valence-electron chi connectivity index (χ1n) is 8.88.